The first-order chi connectivity index (χ1) is 14.8. The van der Waals surface area contributed by atoms with E-state index in [1.807, 2.05) is 15.4 Å². The Labute approximate surface area is 176 Å². The Morgan fingerprint density at radius 2 is 2.06 bits per heavy atom. The molecule has 1 fully saturated rings. The van der Waals surface area contributed by atoms with Crippen LogP contribution in [0.3, 0.4) is 0 Å². The average Bonchev–Trinajstić information content (AvgIpc) is 3.15. The summed E-state index contributed by atoms with van der Waals surface area (Å²) in [5.41, 5.74) is -0.440. The third-order valence-electron chi connectivity index (χ3n) is 5.80. The number of aryl methyl sites for hydroxylation is 1. The maximum atomic E-state index is 13.3. The van der Waals surface area contributed by atoms with Gasteiger partial charge in [-0.2, -0.15) is 28.4 Å². The summed E-state index contributed by atoms with van der Waals surface area (Å²) in [7, 11) is 0. The summed E-state index contributed by atoms with van der Waals surface area (Å²) in [6.45, 7) is 4.87. The molecule has 164 valence electrons. The van der Waals surface area contributed by atoms with Crippen molar-refractivity contribution in [1.29, 1.82) is 0 Å². The Hall–Kier alpha value is -3.18. The SMILES string of the molecule is CCNc1nc(Nc2cc([C@@]3(C)CCn4ncnc43)nn2C2CC2)ncc1C(F)(F)F. The molecule has 0 aromatic carbocycles. The molecule has 0 spiro atoms. The van der Waals surface area contributed by atoms with Crippen molar-refractivity contribution < 1.29 is 13.2 Å². The van der Waals surface area contributed by atoms with Gasteiger partial charge in [0.25, 0.3) is 0 Å². The summed E-state index contributed by atoms with van der Waals surface area (Å²) in [5, 5.41) is 14.8. The number of aromatic nitrogens is 7. The molecule has 1 aliphatic heterocycles. The minimum atomic E-state index is -4.54. The van der Waals surface area contributed by atoms with Crippen LogP contribution in [0.4, 0.5) is 30.8 Å². The van der Waals surface area contributed by atoms with Crippen LogP contribution in [-0.2, 0) is 18.1 Å². The van der Waals surface area contributed by atoms with Crippen LogP contribution in [-0.4, -0.2) is 41.1 Å². The number of anilines is 3. The van der Waals surface area contributed by atoms with Crippen molar-refractivity contribution in [3.63, 3.8) is 0 Å². The molecule has 0 unspecified atom stereocenters. The molecule has 5 rings (SSSR count). The maximum Gasteiger partial charge on any atom is 0.421 e. The van der Waals surface area contributed by atoms with Crippen molar-refractivity contribution in [2.45, 2.75) is 57.3 Å². The van der Waals surface area contributed by atoms with Gasteiger partial charge in [-0.1, -0.05) is 0 Å². The molecular weight excluding hydrogens is 411 g/mol. The van der Waals surface area contributed by atoms with E-state index in [0.717, 1.165) is 43.5 Å². The summed E-state index contributed by atoms with van der Waals surface area (Å²) in [5.74, 6) is 1.34. The molecule has 0 saturated heterocycles. The van der Waals surface area contributed by atoms with Crippen LogP contribution in [0.1, 0.15) is 56.2 Å². The summed E-state index contributed by atoms with van der Waals surface area (Å²) in [6, 6.07) is 2.16. The number of nitrogens with zero attached hydrogens (tertiary/aromatic N) is 7. The van der Waals surface area contributed by atoms with Gasteiger partial charge in [0.2, 0.25) is 5.95 Å². The second kappa shape index (κ2) is 6.92. The predicted molar refractivity (Wildman–Crippen MR) is 106 cm³/mol. The number of hydrogen-bond acceptors (Lipinski definition) is 7. The minimum Gasteiger partial charge on any atom is -0.370 e. The lowest BCUT2D eigenvalue weighted by atomic mass is 9.85. The summed E-state index contributed by atoms with van der Waals surface area (Å²) in [6.07, 6.45) is 0.630. The van der Waals surface area contributed by atoms with Crippen molar-refractivity contribution in [2.75, 3.05) is 17.2 Å². The van der Waals surface area contributed by atoms with Gasteiger partial charge >= 0.3 is 6.18 Å². The van der Waals surface area contributed by atoms with Crippen LogP contribution >= 0.6 is 0 Å². The van der Waals surface area contributed by atoms with Crippen molar-refractivity contribution in [3.05, 3.63) is 35.7 Å². The van der Waals surface area contributed by atoms with E-state index in [0.29, 0.717) is 12.4 Å². The van der Waals surface area contributed by atoms with Crippen LogP contribution in [0.25, 0.3) is 0 Å². The van der Waals surface area contributed by atoms with E-state index in [2.05, 4.69) is 37.6 Å². The molecule has 3 aromatic heterocycles. The van der Waals surface area contributed by atoms with E-state index >= 15 is 0 Å². The van der Waals surface area contributed by atoms with Gasteiger partial charge in [-0.25, -0.2) is 19.3 Å². The van der Waals surface area contributed by atoms with E-state index in [1.54, 1.807) is 13.3 Å². The fraction of sp³-hybridized carbons (Fsp3) is 0.526. The molecule has 2 N–H and O–H groups in total. The zero-order chi connectivity index (χ0) is 21.8. The Kier molecular flexibility index (Phi) is 4.41. The number of rotatable bonds is 6. The van der Waals surface area contributed by atoms with Gasteiger partial charge in [-0.15, -0.1) is 0 Å². The number of hydrogen-bond donors (Lipinski definition) is 2. The fourth-order valence-corrected chi connectivity index (χ4v) is 3.96. The highest BCUT2D eigenvalue weighted by molar-refractivity contribution is 5.55. The van der Waals surface area contributed by atoms with Crippen LogP contribution in [0.5, 0.6) is 0 Å². The monoisotopic (exact) mass is 433 g/mol. The second-order valence-corrected chi connectivity index (χ2v) is 8.09. The van der Waals surface area contributed by atoms with Crippen LogP contribution in [0.2, 0.25) is 0 Å². The Morgan fingerprint density at radius 1 is 1.26 bits per heavy atom. The molecule has 12 heteroatoms. The smallest absolute Gasteiger partial charge is 0.370 e. The maximum absolute atomic E-state index is 13.3. The van der Waals surface area contributed by atoms with E-state index in [9.17, 15) is 13.2 Å². The molecule has 1 aliphatic carbocycles. The first-order valence-electron chi connectivity index (χ1n) is 10.2. The van der Waals surface area contributed by atoms with Gasteiger partial charge in [-0.3, -0.25) is 0 Å². The van der Waals surface area contributed by atoms with Crippen LogP contribution < -0.4 is 10.6 Å². The first-order valence-corrected chi connectivity index (χ1v) is 10.2. The molecular formula is C19H22F3N9. The molecule has 2 aliphatic rings. The fourth-order valence-electron chi connectivity index (χ4n) is 3.96. The van der Waals surface area contributed by atoms with Gasteiger partial charge in [0.1, 0.15) is 29.4 Å². The standard InChI is InChI=1S/C19H22F3N9/c1-3-23-15-12(19(20,21)22)9-24-17(28-15)27-14-8-13(29-31(14)11-4-5-11)18(2)6-7-30-16(18)25-10-26-30/h8-11H,3-7H2,1-2H3,(H2,23,24,27,28)/t18-/m1/s1. The third kappa shape index (κ3) is 3.39. The predicted octanol–water partition coefficient (Wildman–Crippen LogP) is 3.50. The largest absolute Gasteiger partial charge is 0.421 e. The van der Waals surface area contributed by atoms with Crippen LogP contribution in [0.15, 0.2) is 18.6 Å². The van der Waals surface area contributed by atoms with Crippen molar-refractivity contribution in [1.82, 2.24) is 34.5 Å². The van der Waals surface area contributed by atoms with Crippen LogP contribution in [0, 0.1) is 0 Å². The third-order valence-corrected chi connectivity index (χ3v) is 5.80. The molecule has 31 heavy (non-hydrogen) atoms. The van der Waals surface area contributed by atoms with Crippen molar-refractivity contribution >= 4 is 17.6 Å². The lowest BCUT2D eigenvalue weighted by Gasteiger charge is -2.18. The summed E-state index contributed by atoms with van der Waals surface area (Å²) < 4.78 is 43.5. The van der Waals surface area contributed by atoms with Gasteiger partial charge in [-0.05, 0) is 33.1 Å². The number of fused-ring (bicyclic) bond motifs is 1. The molecule has 0 radical (unpaired) electrons. The number of nitrogens with one attached hydrogen (secondary N) is 2. The number of halogens is 3. The average molecular weight is 433 g/mol. The molecule has 3 aromatic rings. The minimum absolute atomic E-state index is 0.0806. The lowest BCUT2D eigenvalue weighted by molar-refractivity contribution is -0.137. The normalized spacial score (nSPS) is 20.7. The second-order valence-electron chi connectivity index (χ2n) is 8.09. The van der Waals surface area contributed by atoms with E-state index in [1.165, 1.54) is 0 Å². The molecule has 1 atom stereocenters. The molecule has 9 nitrogen and oxygen atoms in total. The number of alkyl halides is 3. The molecule has 1 saturated carbocycles. The van der Waals surface area contributed by atoms with Gasteiger partial charge in [0, 0.05) is 25.4 Å². The van der Waals surface area contributed by atoms with Gasteiger partial charge in [0.05, 0.1) is 17.2 Å². The van der Waals surface area contributed by atoms with Gasteiger partial charge < -0.3 is 10.6 Å². The van der Waals surface area contributed by atoms with E-state index in [4.69, 9.17) is 5.10 Å². The summed E-state index contributed by atoms with van der Waals surface area (Å²) in [4.78, 5) is 12.4. The topological polar surface area (TPSA) is 98.4 Å². The molecule has 0 bridgehead atoms. The van der Waals surface area contributed by atoms with Crippen molar-refractivity contribution in [3.8, 4) is 0 Å². The van der Waals surface area contributed by atoms with E-state index in [-0.39, 0.29) is 23.2 Å². The zero-order valence-corrected chi connectivity index (χ0v) is 17.1. The Balaban J connectivity index is 1.50. The van der Waals surface area contributed by atoms with Crippen molar-refractivity contribution in [2.24, 2.45) is 0 Å². The quantitative estimate of drug-likeness (QED) is 0.614. The first kappa shape index (κ1) is 19.8. The highest BCUT2D eigenvalue weighted by Gasteiger charge is 2.42. The lowest BCUT2D eigenvalue weighted by Crippen LogP contribution is -2.22. The van der Waals surface area contributed by atoms with Gasteiger partial charge in [0.15, 0.2) is 0 Å². The highest BCUT2D eigenvalue weighted by atomic mass is 19.4. The Morgan fingerprint density at radius 3 is 2.77 bits per heavy atom. The Bertz CT molecular complexity index is 1120. The molecule has 4 heterocycles. The highest BCUT2D eigenvalue weighted by Crippen LogP contribution is 2.43. The summed E-state index contributed by atoms with van der Waals surface area (Å²) >= 11 is 0. The van der Waals surface area contributed by atoms with E-state index < -0.39 is 11.7 Å². The zero-order valence-electron chi connectivity index (χ0n) is 17.1. The molecule has 0 amide bonds.